The van der Waals surface area contributed by atoms with Crippen LogP contribution in [-0.2, 0) is 6.42 Å². The molecule has 2 aliphatic rings. The maximum Gasteiger partial charge on any atom is 0.319 e. The number of rotatable bonds is 6. The number of benzene rings is 2. The molecule has 2 aliphatic carbocycles. The Kier molecular flexibility index (Phi) is 7.74. The van der Waals surface area contributed by atoms with Gasteiger partial charge < -0.3 is 16.0 Å². The van der Waals surface area contributed by atoms with E-state index in [2.05, 4.69) is 16.0 Å². The largest absolute Gasteiger partial charge is 0.334 e. The normalized spacial score (nSPS) is 25.8. The van der Waals surface area contributed by atoms with E-state index < -0.39 is 0 Å². The highest BCUT2D eigenvalue weighted by Gasteiger charge is 2.30. The Morgan fingerprint density at radius 3 is 2.19 bits per heavy atom. The van der Waals surface area contributed by atoms with Crippen molar-refractivity contribution in [1.29, 1.82) is 0 Å². The van der Waals surface area contributed by atoms with E-state index in [9.17, 15) is 13.6 Å². The number of urea groups is 1. The van der Waals surface area contributed by atoms with Gasteiger partial charge in [-0.2, -0.15) is 0 Å². The molecule has 4 rings (SSSR count). The van der Waals surface area contributed by atoms with E-state index >= 15 is 0 Å². The molecular weight excluding hydrogens is 408 g/mol. The van der Waals surface area contributed by atoms with E-state index in [1.165, 1.54) is 37.0 Å². The highest BCUT2D eigenvalue weighted by Crippen LogP contribution is 2.29. The Bertz CT molecular complexity index is 872. The molecule has 32 heavy (non-hydrogen) atoms. The topological polar surface area (TPSA) is 53.2 Å². The molecule has 2 fully saturated rings. The zero-order valence-electron chi connectivity index (χ0n) is 18.5. The highest BCUT2D eigenvalue weighted by molar-refractivity contribution is 5.89. The van der Waals surface area contributed by atoms with Crippen LogP contribution in [0.3, 0.4) is 0 Å². The molecule has 4 nitrogen and oxygen atoms in total. The number of anilines is 1. The van der Waals surface area contributed by atoms with Crippen LogP contribution in [-0.4, -0.2) is 24.2 Å². The molecule has 2 saturated carbocycles. The van der Waals surface area contributed by atoms with Gasteiger partial charge in [0, 0.05) is 23.8 Å². The first-order valence-corrected chi connectivity index (χ1v) is 11.9. The average molecular weight is 442 g/mol. The van der Waals surface area contributed by atoms with Crippen LogP contribution in [0.4, 0.5) is 19.3 Å². The van der Waals surface area contributed by atoms with Crippen LogP contribution in [0.2, 0.25) is 0 Å². The van der Waals surface area contributed by atoms with E-state index in [4.69, 9.17) is 0 Å². The standard InChI is InChI=1S/C26H33F2N3O/c27-20-10-8-18(9-11-20)16-19-4-3-5-23(17-19)29-24-6-1-2-7-25(24)31-26(32)30-22-14-12-21(28)13-15-22/h8-15,19,23-25,29H,1-7,16-17H2,(H2,30,31,32). The molecule has 0 aromatic heterocycles. The van der Waals surface area contributed by atoms with Crippen molar-refractivity contribution >= 4 is 11.7 Å². The number of nitrogens with one attached hydrogen (secondary N) is 3. The fourth-order valence-electron chi connectivity index (χ4n) is 5.26. The summed E-state index contributed by atoms with van der Waals surface area (Å²) in [5.74, 6) is 0.0949. The summed E-state index contributed by atoms with van der Waals surface area (Å²) >= 11 is 0. The molecule has 0 spiro atoms. The van der Waals surface area contributed by atoms with Crippen molar-refractivity contribution in [3.8, 4) is 0 Å². The van der Waals surface area contributed by atoms with Gasteiger partial charge in [-0.3, -0.25) is 0 Å². The van der Waals surface area contributed by atoms with E-state index in [0.29, 0.717) is 17.6 Å². The van der Waals surface area contributed by atoms with Crippen molar-refractivity contribution < 1.29 is 13.6 Å². The van der Waals surface area contributed by atoms with Gasteiger partial charge in [-0.25, -0.2) is 13.6 Å². The zero-order chi connectivity index (χ0) is 22.3. The van der Waals surface area contributed by atoms with Crippen molar-refractivity contribution in [2.24, 2.45) is 5.92 Å². The lowest BCUT2D eigenvalue weighted by molar-refractivity contribution is 0.209. The Hall–Kier alpha value is -2.47. The lowest BCUT2D eigenvalue weighted by Gasteiger charge is -2.38. The first kappa shape index (κ1) is 22.7. The molecule has 4 atom stereocenters. The first-order chi connectivity index (χ1) is 15.5. The summed E-state index contributed by atoms with van der Waals surface area (Å²) in [7, 11) is 0. The molecule has 6 heteroatoms. The van der Waals surface area contributed by atoms with Crippen molar-refractivity contribution in [2.75, 3.05) is 5.32 Å². The molecule has 3 N–H and O–H groups in total. The van der Waals surface area contributed by atoms with Gasteiger partial charge in [-0.05, 0) is 80.0 Å². The summed E-state index contributed by atoms with van der Waals surface area (Å²) in [5, 5.41) is 9.80. The minimum absolute atomic E-state index is 0.0849. The van der Waals surface area contributed by atoms with Gasteiger partial charge in [0.05, 0.1) is 0 Å². The van der Waals surface area contributed by atoms with Crippen LogP contribution in [0.1, 0.15) is 56.9 Å². The summed E-state index contributed by atoms with van der Waals surface area (Å²) in [6, 6.07) is 13.2. The number of amides is 2. The summed E-state index contributed by atoms with van der Waals surface area (Å²) in [6.07, 6.45) is 9.96. The molecule has 0 radical (unpaired) electrons. The summed E-state index contributed by atoms with van der Waals surface area (Å²) in [4.78, 5) is 12.5. The number of carbonyl (C=O) groups excluding carboxylic acids is 1. The van der Waals surface area contributed by atoms with Crippen molar-refractivity contribution in [1.82, 2.24) is 10.6 Å². The SMILES string of the molecule is O=C(Nc1ccc(F)cc1)NC1CCCCC1NC1CCCC(Cc2ccc(F)cc2)C1. The molecule has 2 aromatic rings. The van der Waals surface area contributed by atoms with Gasteiger partial charge in [0.25, 0.3) is 0 Å². The smallest absolute Gasteiger partial charge is 0.319 e. The van der Waals surface area contributed by atoms with Crippen LogP contribution in [0, 0.1) is 17.6 Å². The van der Waals surface area contributed by atoms with Crippen LogP contribution in [0.15, 0.2) is 48.5 Å². The molecular formula is C26H33F2N3O. The second-order valence-electron chi connectivity index (χ2n) is 9.33. The molecule has 0 heterocycles. The van der Waals surface area contributed by atoms with Crippen LogP contribution < -0.4 is 16.0 Å². The van der Waals surface area contributed by atoms with E-state index in [1.54, 1.807) is 24.3 Å². The highest BCUT2D eigenvalue weighted by atomic mass is 19.1. The Labute approximate surface area is 189 Å². The minimum atomic E-state index is -0.322. The van der Waals surface area contributed by atoms with Gasteiger partial charge >= 0.3 is 6.03 Å². The third-order valence-electron chi connectivity index (χ3n) is 6.85. The molecule has 172 valence electrons. The zero-order valence-corrected chi connectivity index (χ0v) is 18.5. The Balaban J connectivity index is 1.29. The lowest BCUT2D eigenvalue weighted by Crippen LogP contribution is -2.55. The number of hydrogen-bond donors (Lipinski definition) is 3. The summed E-state index contributed by atoms with van der Waals surface area (Å²) < 4.78 is 26.3. The van der Waals surface area contributed by atoms with Gasteiger partial charge in [0.1, 0.15) is 11.6 Å². The molecule has 2 aromatic carbocycles. The second-order valence-corrected chi connectivity index (χ2v) is 9.33. The van der Waals surface area contributed by atoms with Gasteiger partial charge in [0.2, 0.25) is 0 Å². The predicted molar refractivity (Wildman–Crippen MR) is 124 cm³/mol. The molecule has 2 amide bonds. The van der Waals surface area contributed by atoms with Crippen LogP contribution in [0.25, 0.3) is 0 Å². The molecule has 0 bridgehead atoms. The van der Waals surface area contributed by atoms with E-state index in [1.807, 2.05) is 12.1 Å². The van der Waals surface area contributed by atoms with Crippen molar-refractivity contribution in [3.05, 3.63) is 65.7 Å². The number of hydrogen-bond acceptors (Lipinski definition) is 2. The van der Waals surface area contributed by atoms with E-state index in [-0.39, 0.29) is 29.7 Å². The average Bonchev–Trinajstić information content (AvgIpc) is 2.79. The fourth-order valence-corrected chi connectivity index (χ4v) is 5.26. The lowest BCUT2D eigenvalue weighted by atomic mass is 9.81. The predicted octanol–water partition coefficient (Wildman–Crippen LogP) is 5.79. The molecule has 0 saturated heterocycles. The maximum atomic E-state index is 13.2. The Morgan fingerprint density at radius 1 is 0.812 bits per heavy atom. The van der Waals surface area contributed by atoms with Crippen molar-refractivity contribution in [2.45, 2.75) is 75.9 Å². The van der Waals surface area contributed by atoms with Gasteiger partial charge in [0.15, 0.2) is 0 Å². The summed E-state index contributed by atoms with van der Waals surface area (Å²) in [6.45, 7) is 0. The summed E-state index contributed by atoms with van der Waals surface area (Å²) in [5.41, 5.74) is 1.78. The third-order valence-corrected chi connectivity index (χ3v) is 6.85. The molecule has 4 unspecified atom stereocenters. The van der Waals surface area contributed by atoms with Crippen molar-refractivity contribution in [3.63, 3.8) is 0 Å². The Morgan fingerprint density at radius 2 is 1.47 bits per heavy atom. The van der Waals surface area contributed by atoms with Gasteiger partial charge in [-0.15, -0.1) is 0 Å². The minimum Gasteiger partial charge on any atom is -0.334 e. The number of carbonyl (C=O) groups is 1. The molecule has 0 aliphatic heterocycles. The fraction of sp³-hybridized carbons (Fsp3) is 0.500. The monoisotopic (exact) mass is 441 g/mol. The van der Waals surface area contributed by atoms with Gasteiger partial charge in [-0.1, -0.05) is 37.8 Å². The maximum absolute atomic E-state index is 13.2. The quantitative estimate of drug-likeness (QED) is 0.532. The first-order valence-electron chi connectivity index (χ1n) is 11.9. The third kappa shape index (κ3) is 6.52. The van der Waals surface area contributed by atoms with Crippen LogP contribution >= 0.6 is 0 Å². The second kappa shape index (κ2) is 10.9. The van der Waals surface area contributed by atoms with E-state index in [0.717, 1.165) is 38.5 Å². The number of halogens is 2. The van der Waals surface area contributed by atoms with Crippen LogP contribution in [0.5, 0.6) is 0 Å².